The molecule has 104 valence electrons. The van der Waals surface area contributed by atoms with E-state index in [4.69, 9.17) is 0 Å². The fourth-order valence-electron chi connectivity index (χ4n) is 3.78. The van der Waals surface area contributed by atoms with Crippen molar-refractivity contribution in [3.8, 4) is 0 Å². The summed E-state index contributed by atoms with van der Waals surface area (Å²) in [6, 6.07) is 8.47. The highest BCUT2D eigenvalue weighted by molar-refractivity contribution is 5.24. The summed E-state index contributed by atoms with van der Waals surface area (Å²) in [7, 11) is 0. The first kappa shape index (κ1) is 13.1. The summed E-state index contributed by atoms with van der Waals surface area (Å²) < 4.78 is 13.7. The van der Waals surface area contributed by atoms with Crippen molar-refractivity contribution in [1.29, 1.82) is 0 Å². The molecule has 2 fully saturated rings. The third kappa shape index (κ3) is 2.84. The molecule has 0 radical (unpaired) electrons. The van der Waals surface area contributed by atoms with Gasteiger partial charge in [0.05, 0.1) is 0 Å². The van der Waals surface area contributed by atoms with Crippen molar-refractivity contribution < 1.29 is 4.39 Å². The van der Waals surface area contributed by atoms with Gasteiger partial charge in [0.25, 0.3) is 0 Å². The van der Waals surface area contributed by atoms with Crippen molar-refractivity contribution >= 4 is 0 Å². The Hall–Kier alpha value is -0.890. The van der Waals surface area contributed by atoms with E-state index in [9.17, 15) is 4.39 Å². The smallest absolute Gasteiger partial charge is 0.126 e. The van der Waals surface area contributed by atoms with E-state index in [0.717, 1.165) is 24.3 Å². The zero-order valence-corrected chi connectivity index (χ0v) is 11.7. The molecule has 1 unspecified atom stereocenters. The monoisotopic (exact) mass is 261 g/mol. The molecule has 0 bridgehead atoms. The van der Waals surface area contributed by atoms with Crippen LogP contribution in [-0.2, 0) is 0 Å². The molecule has 1 aromatic rings. The fourth-order valence-corrected chi connectivity index (χ4v) is 3.78. The van der Waals surface area contributed by atoms with Gasteiger partial charge in [-0.2, -0.15) is 0 Å². The second-order valence-electron chi connectivity index (χ2n) is 6.39. The second-order valence-corrected chi connectivity index (χ2v) is 6.39. The Morgan fingerprint density at radius 1 is 1.16 bits per heavy atom. The Labute approximate surface area is 115 Å². The summed E-state index contributed by atoms with van der Waals surface area (Å²) >= 11 is 0. The van der Waals surface area contributed by atoms with Crippen LogP contribution in [0.25, 0.3) is 0 Å². The minimum atomic E-state index is -0.0326. The molecule has 0 aromatic heterocycles. The number of hydrogen-bond donors (Lipinski definition) is 1. The highest BCUT2D eigenvalue weighted by Gasteiger charge is 2.33. The predicted octanol–water partition coefficient (Wildman–Crippen LogP) is 4.24. The molecule has 0 heterocycles. The summed E-state index contributed by atoms with van der Waals surface area (Å²) in [5.74, 6) is 1.26. The minimum Gasteiger partial charge on any atom is -0.311 e. The maximum Gasteiger partial charge on any atom is 0.126 e. The standard InChI is InChI=1S/C17H24FN/c1-12(13-6-2-3-7-13)19-15-10-14(11-15)16-8-4-5-9-17(16)18/h4-5,8-9,12-15,19H,2-3,6-7,10-11H2,1H3. The van der Waals surface area contributed by atoms with Gasteiger partial charge >= 0.3 is 0 Å². The van der Waals surface area contributed by atoms with Crippen LogP contribution in [0, 0.1) is 11.7 Å². The lowest BCUT2D eigenvalue weighted by Gasteiger charge is -2.39. The first-order chi connectivity index (χ1) is 9.24. The quantitative estimate of drug-likeness (QED) is 0.854. The number of rotatable bonds is 4. The molecule has 0 saturated heterocycles. The summed E-state index contributed by atoms with van der Waals surface area (Å²) in [4.78, 5) is 0. The first-order valence-electron chi connectivity index (χ1n) is 7.74. The van der Waals surface area contributed by atoms with Gasteiger partial charge in [0.2, 0.25) is 0 Å². The van der Waals surface area contributed by atoms with Crippen LogP contribution in [0.3, 0.4) is 0 Å². The van der Waals surface area contributed by atoms with E-state index in [-0.39, 0.29) is 5.82 Å². The number of nitrogens with one attached hydrogen (secondary N) is 1. The third-order valence-corrected chi connectivity index (χ3v) is 5.09. The molecule has 2 saturated carbocycles. The van der Waals surface area contributed by atoms with Gasteiger partial charge in [0, 0.05) is 12.1 Å². The predicted molar refractivity (Wildman–Crippen MR) is 76.7 cm³/mol. The molecule has 19 heavy (non-hydrogen) atoms. The van der Waals surface area contributed by atoms with Crippen LogP contribution < -0.4 is 5.32 Å². The second kappa shape index (κ2) is 5.62. The molecule has 3 rings (SSSR count). The lowest BCUT2D eigenvalue weighted by molar-refractivity contribution is 0.236. The van der Waals surface area contributed by atoms with E-state index in [1.807, 2.05) is 12.1 Å². The molecule has 1 N–H and O–H groups in total. The molecular formula is C17H24FN. The van der Waals surface area contributed by atoms with Gasteiger partial charge in [-0.1, -0.05) is 31.0 Å². The van der Waals surface area contributed by atoms with Gasteiger partial charge in [0.15, 0.2) is 0 Å². The van der Waals surface area contributed by atoms with E-state index in [1.165, 1.54) is 25.7 Å². The number of hydrogen-bond acceptors (Lipinski definition) is 1. The van der Waals surface area contributed by atoms with Gasteiger partial charge in [0.1, 0.15) is 5.82 Å². The zero-order chi connectivity index (χ0) is 13.2. The topological polar surface area (TPSA) is 12.0 Å². The van der Waals surface area contributed by atoms with E-state index < -0.39 is 0 Å². The maximum atomic E-state index is 13.7. The highest BCUT2D eigenvalue weighted by Crippen LogP contribution is 2.39. The Balaban J connectivity index is 1.49. The zero-order valence-electron chi connectivity index (χ0n) is 11.7. The van der Waals surface area contributed by atoms with Gasteiger partial charge in [-0.25, -0.2) is 4.39 Å². The molecule has 1 nitrogen and oxygen atoms in total. The van der Waals surface area contributed by atoms with E-state index in [2.05, 4.69) is 12.2 Å². The minimum absolute atomic E-state index is 0.0326. The molecule has 2 heteroatoms. The van der Waals surface area contributed by atoms with Crippen molar-refractivity contribution in [3.05, 3.63) is 35.6 Å². The van der Waals surface area contributed by atoms with Crippen molar-refractivity contribution in [2.75, 3.05) is 0 Å². The van der Waals surface area contributed by atoms with Gasteiger partial charge in [-0.15, -0.1) is 0 Å². The largest absolute Gasteiger partial charge is 0.311 e. The molecule has 2 aliphatic carbocycles. The van der Waals surface area contributed by atoms with Gasteiger partial charge in [-0.05, 0) is 56.1 Å². The maximum absolute atomic E-state index is 13.7. The lowest BCUT2D eigenvalue weighted by atomic mass is 9.75. The molecule has 1 atom stereocenters. The van der Waals surface area contributed by atoms with Crippen LogP contribution in [0.1, 0.15) is 56.9 Å². The Morgan fingerprint density at radius 3 is 2.53 bits per heavy atom. The average molecular weight is 261 g/mol. The summed E-state index contributed by atoms with van der Waals surface area (Å²) in [5, 5.41) is 3.76. The van der Waals surface area contributed by atoms with Gasteiger partial charge in [-0.3, -0.25) is 0 Å². The number of benzene rings is 1. The average Bonchev–Trinajstić information content (AvgIpc) is 2.88. The van der Waals surface area contributed by atoms with Crippen LogP contribution >= 0.6 is 0 Å². The molecule has 2 aliphatic rings. The molecule has 0 spiro atoms. The van der Waals surface area contributed by atoms with Crippen molar-refractivity contribution in [3.63, 3.8) is 0 Å². The molecular weight excluding hydrogens is 237 g/mol. The molecule has 0 amide bonds. The van der Waals surface area contributed by atoms with Crippen LogP contribution in [0.15, 0.2) is 24.3 Å². The molecule has 1 aromatic carbocycles. The number of halogens is 1. The van der Waals surface area contributed by atoms with Crippen molar-refractivity contribution in [2.24, 2.45) is 5.92 Å². The summed E-state index contributed by atoms with van der Waals surface area (Å²) in [5.41, 5.74) is 0.911. The first-order valence-corrected chi connectivity index (χ1v) is 7.74. The Morgan fingerprint density at radius 2 is 1.84 bits per heavy atom. The van der Waals surface area contributed by atoms with E-state index >= 15 is 0 Å². The van der Waals surface area contributed by atoms with E-state index in [1.54, 1.807) is 12.1 Å². The van der Waals surface area contributed by atoms with Crippen molar-refractivity contribution in [1.82, 2.24) is 5.32 Å². The van der Waals surface area contributed by atoms with Crippen LogP contribution in [0.5, 0.6) is 0 Å². The summed E-state index contributed by atoms with van der Waals surface area (Å²) in [6.45, 7) is 2.33. The van der Waals surface area contributed by atoms with Crippen LogP contribution in [-0.4, -0.2) is 12.1 Å². The Kier molecular flexibility index (Phi) is 3.88. The lowest BCUT2D eigenvalue weighted by Crippen LogP contribution is -2.46. The third-order valence-electron chi connectivity index (χ3n) is 5.09. The fraction of sp³-hybridized carbons (Fsp3) is 0.647. The summed E-state index contributed by atoms with van der Waals surface area (Å²) in [6.07, 6.45) is 7.77. The van der Waals surface area contributed by atoms with Crippen molar-refractivity contribution in [2.45, 2.75) is 63.5 Å². The normalized spacial score (nSPS) is 29.2. The Bertz CT molecular complexity index is 419. The highest BCUT2D eigenvalue weighted by atomic mass is 19.1. The SMILES string of the molecule is CC(NC1CC(c2ccccc2F)C1)C1CCCC1. The van der Waals surface area contributed by atoms with Gasteiger partial charge < -0.3 is 5.32 Å². The van der Waals surface area contributed by atoms with Crippen LogP contribution in [0.2, 0.25) is 0 Å². The molecule has 0 aliphatic heterocycles. The van der Waals surface area contributed by atoms with Crippen LogP contribution in [0.4, 0.5) is 4.39 Å². The van der Waals surface area contributed by atoms with E-state index in [0.29, 0.717) is 18.0 Å².